The smallest absolute Gasteiger partial charge is 0.116 e. The number of aromatic amines is 1. The topological polar surface area (TPSA) is 62.0 Å². The second kappa shape index (κ2) is 6.63. The fraction of sp³-hybridized carbons (Fsp3) is 0.0526. The van der Waals surface area contributed by atoms with Crippen molar-refractivity contribution in [3.05, 3.63) is 69.8 Å². The molecule has 0 saturated heterocycles. The van der Waals surface area contributed by atoms with Crippen molar-refractivity contribution in [3.8, 4) is 16.9 Å². The Bertz CT molecular complexity index is 929. The van der Waals surface area contributed by atoms with Gasteiger partial charge in [-0.05, 0) is 54.5 Å². The number of nitrogen functional groups attached to an aromatic ring is 1. The molecule has 0 bridgehead atoms. The Labute approximate surface area is 150 Å². The van der Waals surface area contributed by atoms with Crippen molar-refractivity contribution >= 4 is 40.7 Å². The van der Waals surface area contributed by atoms with Crippen molar-refractivity contribution in [1.29, 1.82) is 0 Å². The number of phenols is 1. The van der Waals surface area contributed by atoms with Crippen LogP contribution >= 0.6 is 23.2 Å². The first-order valence-corrected chi connectivity index (χ1v) is 8.11. The SMILES string of the molecule is C/C(=C\c1c(-c2cc(Cl)ccc2Cl)c[nH]c1N)c1cccc(O)c1. The first kappa shape index (κ1) is 16.5. The summed E-state index contributed by atoms with van der Waals surface area (Å²) < 4.78 is 0. The first-order chi connectivity index (χ1) is 11.5. The summed E-state index contributed by atoms with van der Waals surface area (Å²) >= 11 is 12.4. The molecule has 3 rings (SSSR count). The van der Waals surface area contributed by atoms with Crippen LogP contribution in [-0.4, -0.2) is 10.1 Å². The summed E-state index contributed by atoms with van der Waals surface area (Å²) in [7, 11) is 0. The van der Waals surface area contributed by atoms with Crippen LogP contribution in [0, 0.1) is 0 Å². The Kier molecular flexibility index (Phi) is 4.56. The zero-order valence-electron chi connectivity index (χ0n) is 13.0. The molecule has 0 amide bonds. The van der Waals surface area contributed by atoms with Crippen LogP contribution in [0.15, 0.2) is 48.7 Å². The number of rotatable bonds is 3. The van der Waals surface area contributed by atoms with E-state index >= 15 is 0 Å². The van der Waals surface area contributed by atoms with Crippen molar-refractivity contribution in [1.82, 2.24) is 4.98 Å². The summed E-state index contributed by atoms with van der Waals surface area (Å²) in [6.07, 6.45) is 3.78. The van der Waals surface area contributed by atoms with Crippen LogP contribution in [0.3, 0.4) is 0 Å². The molecule has 0 aliphatic heterocycles. The monoisotopic (exact) mass is 358 g/mol. The van der Waals surface area contributed by atoms with Crippen LogP contribution < -0.4 is 5.73 Å². The van der Waals surface area contributed by atoms with Crippen LogP contribution in [0.5, 0.6) is 5.75 Å². The van der Waals surface area contributed by atoms with Gasteiger partial charge < -0.3 is 15.8 Å². The number of hydrogen-bond acceptors (Lipinski definition) is 2. The number of nitrogens with one attached hydrogen (secondary N) is 1. The molecule has 122 valence electrons. The number of hydrogen-bond donors (Lipinski definition) is 3. The lowest BCUT2D eigenvalue weighted by Crippen LogP contribution is -1.89. The van der Waals surface area contributed by atoms with E-state index in [-0.39, 0.29) is 5.75 Å². The third-order valence-electron chi connectivity index (χ3n) is 3.83. The van der Waals surface area contributed by atoms with Gasteiger partial charge in [0.2, 0.25) is 0 Å². The summed E-state index contributed by atoms with van der Waals surface area (Å²) in [5.41, 5.74) is 10.5. The third-order valence-corrected chi connectivity index (χ3v) is 4.40. The van der Waals surface area contributed by atoms with Crippen molar-refractivity contribution in [2.75, 3.05) is 5.73 Å². The van der Waals surface area contributed by atoms with E-state index < -0.39 is 0 Å². The van der Waals surface area contributed by atoms with Gasteiger partial charge in [0.25, 0.3) is 0 Å². The average Bonchev–Trinajstić information content (AvgIpc) is 2.90. The first-order valence-electron chi connectivity index (χ1n) is 7.35. The van der Waals surface area contributed by atoms with Crippen molar-refractivity contribution in [2.45, 2.75) is 6.92 Å². The quantitative estimate of drug-likeness (QED) is 0.550. The molecule has 3 nitrogen and oxygen atoms in total. The Hall–Kier alpha value is -2.36. The molecule has 1 heterocycles. The summed E-state index contributed by atoms with van der Waals surface area (Å²) in [6.45, 7) is 1.96. The average molecular weight is 359 g/mol. The number of benzene rings is 2. The lowest BCUT2D eigenvalue weighted by atomic mass is 9.99. The van der Waals surface area contributed by atoms with Crippen LogP contribution in [0.25, 0.3) is 22.8 Å². The van der Waals surface area contributed by atoms with Crippen LogP contribution in [0.4, 0.5) is 5.82 Å². The van der Waals surface area contributed by atoms with E-state index in [0.717, 1.165) is 27.8 Å². The minimum Gasteiger partial charge on any atom is -0.508 e. The van der Waals surface area contributed by atoms with Crippen LogP contribution in [-0.2, 0) is 0 Å². The van der Waals surface area contributed by atoms with E-state index in [1.165, 1.54) is 0 Å². The van der Waals surface area contributed by atoms with Crippen LogP contribution in [0.1, 0.15) is 18.1 Å². The molecule has 0 atom stereocenters. The molecule has 1 aromatic heterocycles. The highest BCUT2D eigenvalue weighted by Gasteiger charge is 2.13. The highest BCUT2D eigenvalue weighted by atomic mass is 35.5. The predicted octanol–water partition coefficient (Wildman–Crippen LogP) is 5.84. The highest BCUT2D eigenvalue weighted by molar-refractivity contribution is 6.35. The molecule has 0 radical (unpaired) electrons. The van der Waals surface area contributed by atoms with Gasteiger partial charge in [0.1, 0.15) is 11.6 Å². The van der Waals surface area contributed by atoms with Gasteiger partial charge in [-0.1, -0.05) is 35.3 Å². The Morgan fingerprint density at radius 1 is 1.12 bits per heavy atom. The number of anilines is 1. The van der Waals surface area contributed by atoms with Gasteiger partial charge in [0.15, 0.2) is 0 Å². The standard InChI is InChI=1S/C19H16Cl2N2O/c1-11(12-3-2-4-14(24)8-12)7-16-17(10-23-19(16)22)15-9-13(20)5-6-18(15)21/h2-10,23-24H,22H2,1H3/b11-7+. The normalized spacial score (nSPS) is 11.7. The van der Waals surface area contributed by atoms with Gasteiger partial charge in [-0.2, -0.15) is 0 Å². The van der Waals surface area contributed by atoms with E-state index in [0.29, 0.717) is 15.9 Å². The fourth-order valence-corrected chi connectivity index (χ4v) is 2.98. The maximum Gasteiger partial charge on any atom is 0.116 e. The zero-order chi connectivity index (χ0) is 17.3. The van der Waals surface area contributed by atoms with Crippen molar-refractivity contribution in [3.63, 3.8) is 0 Å². The Balaban J connectivity index is 2.11. The van der Waals surface area contributed by atoms with E-state index in [1.54, 1.807) is 30.3 Å². The maximum atomic E-state index is 9.65. The number of phenolic OH excluding ortho intramolecular Hbond substituents is 1. The molecule has 0 aliphatic carbocycles. The van der Waals surface area contributed by atoms with Gasteiger partial charge in [-0.3, -0.25) is 0 Å². The largest absolute Gasteiger partial charge is 0.508 e. The summed E-state index contributed by atoms with van der Waals surface area (Å²) in [4.78, 5) is 3.03. The highest BCUT2D eigenvalue weighted by Crippen LogP contribution is 2.36. The Morgan fingerprint density at radius 3 is 2.67 bits per heavy atom. The zero-order valence-corrected chi connectivity index (χ0v) is 14.5. The molecule has 4 N–H and O–H groups in total. The second-order valence-electron chi connectivity index (χ2n) is 5.53. The van der Waals surface area contributed by atoms with E-state index in [2.05, 4.69) is 4.98 Å². The summed E-state index contributed by atoms with van der Waals surface area (Å²) in [5.74, 6) is 0.765. The summed E-state index contributed by atoms with van der Waals surface area (Å²) in [6, 6.07) is 12.4. The van der Waals surface area contributed by atoms with Crippen molar-refractivity contribution in [2.24, 2.45) is 0 Å². The molecule has 0 spiro atoms. The Morgan fingerprint density at radius 2 is 1.92 bits per heavy atom. The minimum atomic E-state index is 0.223. The minimum absolute atomic E-state index is 0.223. The molecular weight excluding hydrogens is 343 g/mol. The third kappa shape index (κ3) is 3.28. The fourth-order valence-electron chi connectivity index (χ4n) is 2.58. The molecule has 0 aliphatic rings. The molecule has 0 saturated carbocycles. The molecular formula is C19H16Cl2N2O. The number of allylic oxidation sites excluding steroid dienone is 1. The molecule has 0 fully saturated rings. The van der Waals surface area contributed by atoms with Crippen molar-refractivity contribution < 1.29 is 5.11 Å². The molecule has 0 unspecified atom stereocenters. The lowest BCUT2D eigenvalue weighted by molar-refractivity contribution is 0.475. The predicted molar refractivity (Wildman–Crippen MR) is 102 cm³/mol. The second-order valence-corrected chi connectivity index (χ2v) is 6.38. The van der Waals surface area contributed by atoms with E-state index in [9.17, 15) is 5.11 Å². The van der Waals surface area contributed by atoms with E-state index in [4.69, 9.17) is 28.9 Å². The number of aromatic hydroxyl groups is 1. The van der Waals surface area contributed by atoms with Gasteiger partial charge in [-0.25, -0.2) is 0 Å². The van der Waals surface area contributed by atoms with Gasteiger partial charge in [0, 0.05) is 32.9 Å². The molecule has 2 aromatic carbocycles. The van der Waals surface area contributed by atoms with E-state index in [1.807, 2.05) is 31.3 Å². The summed E-state index contributed by atoms with van der Waals surface area (Å²) in [5, 5.41) is 10.9. The lowest BCUT2D eigenvalue weighted by Gasteiger charge is -2.07. The number of halogens is 2. The van der Waals surface area contributed by atoms with Crippen LogP contribution in [0.2, 0.25) is 10.0 Å². The number of H-pyrrole nitrogens is 1. The van der Waals surface area contributed by atoms with Gasteiger partial charge >= 0.3 is 0 Å². The molecule has 3 aromatic rings. The van der Waals surface area contributed by atoms with Gasteiger partial charge in [0.05, 0.1) is 0 Å². The maximum absolute atomic E-state index is 9.65. The van der Waals surface area contributed by atoms with Gasteiger partial charge in [-0.15, -0.1) is 0 Å². The molecule has 24 heavy (non-hydrogen) atoms. The number of aromatic nitrogens is 1. The molecule has 5 heteroatoms. The number of nitrogens with two attached hydrogens (primary N) is 1.